The monoisotopic (exact) mass is 718 g/mol. The number of hydrogen-bond acceptors (Lipinski definition) is 5. The molecule has 0 unspecified atom stereocenters. The van der Waals surface area contributed by atoms with Gasteiger partial charge in [-0.05, 0) is 51.2 Å². The van der Waals surface area contributed by atoms with Crippen molar-refractivity contribution in [2.24, 2.45) is 0 Å². The van der Waals surface area contributed by atoms with Crippen LogP contribution in [0.25, 0.3) is 112 Å². The van der Waals surface area contributed by atoms with Gasteiger partial charge in [-0.25, -0.2) is 9.97 Å². The number of halogens is 1. The van der Waals surface area contributed by atoms with Gasteiger partial charge in [-0.15, -0.1) is 22.7 Å². The van der Waals surface area contributed by atoms with Crippen molar-refractivity contribution in [2.45, 2.75) is 0 Å². The molecule has 0 fully saturated rings. The van der Waals surface area contributed by atoms with E-state index < -0.39 is 0 Å². The van der Waals surface area contributed by atoms with Gasteiger partial charge in [0.15, 0.2) is 11.0 Å². The van der Waals surface area contributed by atoms with Gasteiger partial charge in [-0.2, -0.15) is 0 Å². The van der Waals surface area contributed by atoms with E-state index in [-0.39, 0.29) is 0 Å². The zero-order valence-electron chi connectivity index (χ0n) is 27.3. The third-order valence-corrected chi connectivity index (χ3v) is 13.1. The molecule has 7 aromatic carbocycles. The first-order chi connectivity index (χ1) is 25.7. The topological polar surface area (TPSA) is 43.6 Å². The van der Waals surface area contributed by atoms with Crippen LogP contribution in [-0.2, 0) is 0 Å². The summed E-state index contributed by atoms with van der Waals surface area (Å²) in [7, 11) is 0. The van der Waals surface area contributed by atoms with Gasteiger partial charge in [0.25, 0.3) is 0 Å². The highest BCUT2D eigenvalue weighted by Crippen LogP contribution is 2.50. The average Bonchev–Trinajstić information content (AvgIpc) is 3.87. The molecule has 0 saturated heterocycles. The highest BCUT2D eigenvalue weighted by atomic mass is 35.5. The summed E-state index contributed by atoms with van der Waals surface area (Å²) in [5.74, 6) is 0.648. The van der Waals surface area contributed by atoms with Crippen LogP contribution in [0, 0.1) is 0 Å². The third-order valence-electron chi connectivity index (χ3n) is 10.5. The van der Waals surface area contributed by atoms with Gasteiger partial charge in [0.2, 0.25) is 0 Å². The predicted molar refractivity (Wildman–Crippen MR) is 223 cm³/mol. The third kappa shape index (κ3) is 3.89. The first-order valence-corrected chi connectivity index (χ1v) is 19.1. The minimum Gasteiger partial charge on any atom is -0.290 e. The quantitative estimate of drug-likeness (QED) is 0.179. The fraction of sp³-hybridized carbons (Fsp3) is 0. The number of aromatic nitrogens is 4. The van der Waals surface area contributed by atoms with Gasteiger partial charge in [-0.3, -0.25) is 9.55 Å². The molecule has 0 spiro atoms. The van der Waals surface area contributed by atoms with Crippen molar-refractivity contribution in [3.05, 3.63) is 145 Å². The van der Waals surface area contributed by atoms with Crippen LogP contribution in [0.3, 0.4) is 0 Å². The number of para-hydroxylation sites is 1. The average molecular weight is 719 g/mol. The summed E-state index contributed by atoms with van der Waals surface area (Å²) in [6.07, 6.45) is 1.97. The molecule has 0 aliphatic heterocycles. The maximum absolute atomic E-state index is 7.16. The number of hydrogen-bond donors (Lipinski definition) is 0. The second kappa shape index (κ2) is 10.6. The van der Waals surface area contributed by atoms with E-state index >= 15 is 0 Å². The fourth-order valence-electron chi connectivity index (χ4n) is 8.22. The lowest BCUT2D eigenvalue weighted by Gasteiger charge is -2.10. The Balaban J connectivity index is 1.20. The van der Waals surface area contributed by atoms with E-state index in [0.717, 1.165) is 48.1 Å². The van der Waals surface area contributed by atoms with E-state index in [1.807, 2.05) is 17.5 Å². The summed E-state index contributed by atoms with van der Waals surface area (Å²) in [5, 5.41) is 13.6. The minimum absolute atomic E-state index is 0.393. The molecule has 5 aromatic heterocycles. The van der Waals surface area contributed by atoms with E-state index in [2.05, 4.69) is 138 Å². The molecule has 0 saturated carbocycles. The minimum atomic E-state index is 0.393. The number of thiophene rings is 2. The largest absolute Gasteiger partial charge is 0.290 e. The molecule has 12 aromatic rings. The number of benzene rings is 7. The van der Waals surface area contributed by atoms with Crippen molar-refractivity contribution in [3.63, 3.8) is 0 Å². The van der Waals surface area contributed by atoms with Crippen molar-refractivity contribution in [1.82, 2.24) is 19.5 Å². The molecule has 0 bridgehead atoms. The van der Waals surface area contributed by atoms with Crippen molar-refractivity contribution in [1.29, 1.82) is 0 Å². The van der Waals surface area contributed by atoms with Crippen LogP contribution >= 0.6 is 34.3 Å². The molecular weight excluding hydrogens is 696 g/mol. The maximum atomic E-state index is 7.16. The second-order valence-corrected chi connectivity index (χ2v) is 15.7. The Morgan fingerprint density at radius 3 is 2.15 bits per heavy atom. The van der Waals surface area contributed by atoms with E-state index in [1.165, 1.54) is 57.9 Å². The predicted octanol–water partition coefficient (Wildman–Crippen LogP) is 13.5. The van der Waals surface area contributed by atoms with Gasteiger partial charge in [0.1, 0.15) is 10.3 Å². The highest BCUT2D eigenvalue weighted by molar-refractivity contribution is 7.28. The Bertz CT molecular complexity index is 3500. The van der Waals surface area contributed by atoms with Crippen molar-refractivity contribution < 1.29 is 0 Å². The lowest BCUT2D eigenvalue weighted by atomic mass is 9.97. The van der Waals surface area contributed by atoms with Gasteiger partial charge in [0, 0.05) is 53.5 Å². The second-order valence-electron chi connectivity index (χ2n) is 13.3. The fourth-order valence-corrected chi connectivity index (χ4v) is 10.9. The molecule has 7 heteroatoms. The highest BCUT2D eigenvalue weighted by Gasteiger charge is 2.25. The van der Waals surface area contributed by atoms with Gasteiger partial charge >= 0.3 is 0 Å². The molecule has 0 aliphatic rings. The lowest BCUT2D eigenvalue weighted by molar-refractivity contribution is 1.08. The molecule has 12 rings (SSSR count). The van der Waals surface area contributed by atoms with E-state index in [1.54, 1.807) is 11.3 Å². The van der Waals surface area contributed by atoms with Crippen LogP contribution < -0.4 is 0 Å². The van der Waals surface area contributed by atoms with Crippen LogP contribution in [-0.4, -0.2) is 19.5 Å². The molecule has 0 aliphatic carbocycles. The van der Waals surface area contributed by atoms with Crippen molar-refractivity contribution in [2.75, 3.05) is 0 Å². The molecule has 5 heterocycles. The zero-order chi connectivity index (χ0) is 34.1. The van der Waals surface area contributed by atoms with Crippen LogP contribution in [0.4, 0.5) is 0 Å². The Labute approximate surface area is 308 Å². The molecule has 4 nitrogen and oxygen atoms in total. The van der Waals surface area contributed by atoms with Crippen molar-refractivity contribution in [3.8, 4) is 17.1 Å². The van der Waals surface area contributed by atoms with E-state index in [9.17, 15) is 0 Å². The smallest absolute Gasteiger partial charge is 0.176 e. The Hall–Kier alpha value is -5.92. The summed E-state index contributed by atoms with van der Waals surface area (Å²) in [5.41, 5.74) is 5.12. The zero-order valence-corrected chi connectivity index (χ0v) is 29.7. The molecule has 0 N–H and O–H groups in total. The van der Waals surface area contributed by atoms with Gasteiger partial charge < -0.3 is 0 Å². The van der Waals surface area contributed by atoms with Gasteiger partial charge in [0.05, 0.1) is 21.4 Å². The molecular formula is C45H23ClN4S2. The summed E-state index contributed by atoms with van der Waals surface area (Å²) in [4.78, 5) is 16.0. The molecule has 52 heavy (non-hydrogen) atoms. The standard InChI is InChI=1S/C45H23ClN4S2/c46-43-44(48-39-32-14-6-8-16-36(32)51-45(39)49-43)50-35-15-7-5-13-31(35)37-29-11-3-4-12-30(29)38-33-20-17-25-21-26(18-19-28(25)41(33)52-42(38)40(37)50)34-22-24-9-1-2-10-27(24)23-47-34/h1-23H. The molecule has 0 atom stereocenters. The number of fused-ring (bicyclic) bond motifs is 16. The van der Waals surface area contributed by atoms with Crippen LogP contribution in [0.15, 0.2) is 140 Å². The summed E-state index contributed by atoms with van der Waals surface area (Å²) < 4.78 is 5.89. The van der Waals surface area contributed by atoms with Gasteiger partial charge in [-0.1, -0.05) is 121 Å². The number of rotatable bonds is 2. The number of nitrogens with zero attached hydrogens (tertiary/aromatic N) is 4. The number of pyridine rings is 1. The SMILES string of the molecule is Clc1nc2sc3ccccc3c2nc1-n1c2ccccc2c2c3ccccc3c3c4ccc5cc(-c6cc7ccccc7cn6)ccc5c4sc3c21. The Morgan fingerprint density at radius 1 is 0.538 bits per heavy atom. The van der Waals surface area contributed by atoms with E-state index in [4.69, 9.17) is 26.6 Å². The summed E-state index contributed by atoms with van der Waals surface area (Å²) >= 11 is 10.6. The normalized spacial score (nSPS) is 12.3. The molecule has 0 amide bonds. The maximum Gasteiger partial charge on any atom is 0.176 e. The van der Waals surface area contributed by atoms with E-state index in [0.29, 0.717) is 11.0 Å². The molecule has 242 valence electrons. The summed E-state index contributed by atoms with van der Waals surface area (Å²) in [6.45, 7) is 0. The van der Waals surface area contributed by atoms with Crippen LogP contribution in [0.2, 0.25) is 5.15 Å². The van der Waals surface area contributed by atoms with Crippen LogP contribution in [0.5, 0.6) is 0 Å². The lowest BCUT2D eigenvalue weighted by Crippen LogP contribution is -2.00. The Kier molecular flexibility index (Phi) is 5.84. The molecule has 0 radical (unpaired) electrons. The summed E-state index contributed by atoms with van der Waals surface area (Å²) in [6, 6.07) is 47.7. The Morgan fingerprint density at radius 2 is 1.27 bits per heavy atom. The van der Waals surface area contributed by atoms with Crippen LogP contribution in [0.1, 0.15) is 0 Å². The van der Waals surface area contributed by atoms with Crippen molar-refractivity contribution >= 4 is 129 Å². The first-order valence-electron chi connectivity index (χ1n) is 17.1. The first kappa shape index (κ1) is 28.7.